The van der Waals surface area contributed by atoms with Crippen molar-refractivity contribution >= 4 is 29.2 Å². The Morgan fingerprint density at radius 1 is 0.877 bits per heavy atom. The van der Waals surface area contributed by atoms with Crippen molar-refractivity contribution in [3.8, 4) is 0 Å². The number of carbonyl (C=O) groups excluding carboxylic acids is 5. The number of aliphatic hydroxyl groups excluding tert-OH is 1. The zero-order valence-electron chi connectivity index (χ0n) is 40.5. The molecule has 4 unspecified atom stereocenters. The average molecular weight is 918 g/mol. The number of rotatable bonds is 6. The van der Waals surface area contributed by atoms with Gasteiger partial charge in [-0.15, -0.1) is 0 Å². The van der Waals surface area contributed by atoms with E-state index in [0.29, 0.717) is 51.4 Å². The Kier molecular flexibility index (Phi) is 20.9. The van der Waals surface area contributed by atoms with Gasteiger partial charge in [0.15, 0.2) is 18.1 Å². The van der Waals surface area contributed by atoms with E-state index in [1.165, 1.54) is 34.1 Å². The van der Waals surface area contributed by atoms with Crippen LogP contribution in [-0.2, 0) is 47.7 Å². The molecule has 366 valence electrons. The van der Waals surface area contributed by atoms with E-state index in [2.05, 4.69) is 0 Å². The van der Waals surface area contributed by atoms with Gasteiger partial charge in [0.05, 0.1) is 24.4 Å². The fourth-order valence-electron chi connectivity index (χ4n) is 10.1. The number of aliphatic hydroxyl groups is 1. The predicted molar refractivity (Wildman–Crippen MR) is 243 cm³/mol. The maximum Gasteiger partial charge on any atom is 0.329 e. The second kappa shape index (κ2) is 25.1. The van der Waals surface area contributed by atoms with Crippen molar-refractivity contribution in [2.75, 3.05) is 27.9 Å². The van der Waals surface area contributed by atoms with Crippen molar-refractivity contribution in [2.24, 2.45) is 35.5 Å². The minimum absolute atomic E-state index is 0.0206. The van der Waals surface area contributed by atoms with Gasteiger partial charge < -0.3 is 33.7 Å². The number of allylic oxidation sites excluding steroid dienone is 6. The van der Waals surface area contributed by atoms with Crippen LogP contribution in [0.15, 0.2) is 47.6 Å². The summed E-state index contributed by atoms with van der Waals surface area (Å²) in [5.74, 6) is -9.64. The highest BCUT2D eigenvalue weighted by molar-refractivity contribution is 6.39. The Labute approximate surface area is 385 Å². The van der Waals surface area contributed by atoms with Crippen molar-refractivity contribution < 1.29 is 61.5 Å². The summed E-state index contributed by atoms with van der Waals surface area (Å²) in [4.78, 5) is 71.3. The van der Waals surface area contributed by atoms with Crippen molar-refractivity contribution in [2.45, 2.75) is 180 Å². The van der Waals surface area contributed by atoms with E-state index in [4.69, 9.17) is 23.7 Å². The van der Waals surface area contributed by atoms with E-state index >= 15 is 8.78 Å². The lowest BCUT2D eigenvalue weighted by Crippen LogP contribution is -2.59. The Bertz CT molecular complexity index is 1760. The van der Waals surface area contributed by atoms with Gasteiger partial charge in [0, 0.05) is 58.5 Å². The topological polar surface area (TPSA) is 155 Å². The molecule has 0 aromatic rings. The van der Waals surface area contributed by atoms with Crippen molar-refractivity contribution in [1.82, 2.24) is 4.90 Å². The molecular formula is C51H77F2NO11. The zero-order chi connectivity index (χ0) is 48.2. The standard InChI is InChI=1S/C51H77F2NO11/c1-30-16-12-11-13-17-31(2)42(61-8)28-38-21-19-36(7)51(53,65-38)48(58)49(59)54-23-15-14-18-39(54)50(60)64-43(33(4)26-37-20-22-40(55)44(27-37)62-9)29-41(56)32(3)25-34(5)45(52)47(63-10)46(57)35(6)24-30/h11-13,16-17,25,30,32-33,35-40,42-45,47,55H,14-15,18-24,26-29H2,1-10H3/b13-11?,16-12+,31-17?,34-25+/t30-,32-,33-,35-,36-,37?,38+,39+,40+,42+,43?,44-,45?,47-,51?/m1/s1. The Balaban J connectivity index is 1.70. The molecule has 2 saturated heterocycles. The molecule has 3 aliphatic heterocycles. The Morgan fingerprint density at radius 3 is 2.28 bits per heavy atom. The van der Waals surface area contributed by atoms with Gasteiger partial charge in [0.1, 0.15) is 17.9 Å². The van der Waals surface area contributed by atoms with Gasteiger partial charge in [-0.1, -0.05) is 71.1 Å². The molecule has 65 heavy (non-hydrogen) atoms. The number of Topliss-reactive ketones (excluding diaryl/α,β-unsaturated/α-hetero) is 3. The van der Waals surface area contributed by atoms with Crippen LogP contribution in [0.4, 0.5) is 8.78 Å². The van der Waals surface area contributed by atoms with E-state index in [1.54, 1.807) is 21.0 Å². The molecular weight excluding hydrogens is 841 g/mol. The first kappa shape index (κ1) is 54.2. The van der Waals surface area contributed by atoms with Crippen molar-refractivity contribution in [1.29, 1.82) is 0 Å². The first-order valence-electron chi connectivity index (χ1n) is 23.8. The van der Waals surface area contributed by atoms with Gasteiger partial charge in [0.2, 0.25) is 0 Å². The molecule has 3 heterocycles. The summed E-state index contributed by atoms with van der Waals surface area (Å²) in [5.41, 5.74) is 0.981. The number of cyclic esters (lactones) is 1. The second-order valence-electron chi connectivity index (χ2n) is 19.5. The number of piperidine rings is 1. The average Bonchev–Trinajstić information content (AvgIpc) is 3.28. The molecule has 14 heteroatoms. The molecule has 3 fully saturated rings. The number of ether oxygens (including phenoxy) is 5. The van der Waals surface area contributed by atoms with Crippen LogP contribution < -0.4 is 0 Å². The SMILES string of the molecule is CO[C@H]1C[C@@H]2CC[C@@H](C)C(F)(O2)C(=O)C(=O)N2CCCC[C@H]2C(=O)OC([C@H](C)CC2CC[C@H](O)[C@H](OC)C2)CC(=O)[C@H](C)/C=C(\C)C(F)[C@@H](OC)C(=O)[C@H](C)C[C@H](C)/C=C/C=CC=C1C. The molecule has 1 amide bonds. The number of amides is 1. The molecule has 4 rings (SSSR count). The number of ketones is 3. The molecule has 1 N–H and O–H groups in total. The highest BCUT2D eigenvalue weighted by Crippen LogP contribution is 2.40. The van der Waals surface area contributed by atoms with Gasteiger partial charge in [-0.25, -0.2) is 13.6 Å². The molecule has 15 atom stereocenters. The number of hydrogen-bond donors (Lipinski definition) is 1. The van der Waals surface area contributed by atoms with E-state index in [1.807, 2.05) is 51.2 Å². The molecule has 1 aliphatic carbocycles. The number of methoxy groups -OCH3 is 3. The Morgan fingerprint density at radius 2 is 1.60 bits per heavy atom. The van der Waals surface area contributed by atoms with Crippen LogP contribution in [0, 0.1) is 35.5 Å². The lowest BCUT2D eigenvalue weighted by molar-refractivity contribution is -0.231. The van der Waals surface area contributed by atoms with Crippen LogP contribution in [0.3, 0.4) is 0 Å². The summed E-state index contributed by atoms with van der Waals surface area (Å²) in [6, 6.07) is -1.21. The number of fused-ring (bicyclic) bond motifs is 3. The molecule has 0 spiro atoms. The first-order chi connectivity index (χ1) is 30.7. The smallest absolute Gasteiger partial charge is 0.329 e. The van der Waals surface area contributed by atoms with Gasteiger partial charge in [-0.3, -0.25) is 19.2 Å². The summed E-state index contributed by atoms with van der Waals surface area (Å²) in [6.07, 6.45) is 9.11. The monoisotopic (exact) mass is 918 g/mol. The van der Waals surface area contributed by atoms with Gasteiger partial charge in [0.25, 0.3) is 17.5 Å². The van der Waals surface area contributed by atoms with Gasteiger partial charge >= 0.3 is 5.97 Å². The van der Waals surface area contributed by atoms with Gasteiger partial charge in [-0.05, 0) is 107 Å². The number of hydrogen-bond acceptors (Lipinski definition) is 11. The van der Waals surface area contributed by atoms with E-state index < -0.39 is 84.0 Å². The third kappa shape index (κ3) is 14.3. The fourth-order valence-corrected chi connectivity index (χ4v) is 10.1. The Hall–Kier alpha value is -3.43. The summed E-state index contributed by atoms with van der Waals surface area (Å²) < 4.78 is 62.1. The molecule has 4 aliphatic rings. The maximum atomic E-state index is 17.0. The largest absolute Gasteiger partial charge is 0.460 e. The van der Waals surface area contributed by atoms with Crippen LogP contribution >= 0.6 is 0 Å². The minimum Gasteiger partial charge on any atom is -0.460 e. The highest BCUT2D eigenvalue weighted by Gasteiger charge is 2.55. The lowest BCUT2D eigenvalue weighted by atomic mass is 9.78. The van der Waals surface area contributed by atoms with Crippen LogP contribution in [0.5, 0.6) is 0 Å². The van der Waals surface area contributed by atoms with Gasteiger partial charge in [-0.2, -0.15) is 0 Å². The quantitative estimate of drug-likeness (QED) is 0.156. The number of nitrogens with zero attached hydrogens (tertiary/aromatic N) is 1. The highest BCUT2D eigenvalue weighted by atomic mass is 19.2. The third-order valence-corrected chi connectivity index (χ3v) is 14.4. The van der Waals surface area contributed by atoms with E-state index in [-0.39, 0.29) is 73.2 Å². The fraction of sp³-hybridized carbons (Fsp3) is 0.745. The van der Waals surface area contributed by atoms with Crippen LogP contribution in [0.25, 0.3) is 0 Å². The predicted octanol–water partition coefficient (Wildman–Crippen LogP) is 8.14. The summed E-state index contributed by atoms with van der Waals surface area (Å²) in [6.45, 7) is 12.2. The third-order valence-electron chi connectivity index (χ3n) is 14.4. The van der Waals surface area contributed by atoms with Crippen molar-refractivity contribution in [3.63, 3.8) is 0 Å². The molecule has 0 aromatic heterocycles. The van der Waals surface area contributed by atoms with Crippen LogP contribution in [0.2, 0.25) is 0 Å². The molecule has 12 nitrogen and oxygen atoms in total. The molecule has 0 radical (unpaired) electrons. The van der Waals surface area contributed by atoms with E-state index in [9.17, 15) is 29.1 Å². The van der Waals surface area contributed by atoms with Crippen molar-refractivity contribution in [3.05, 3.63) is 47.6 Å². The summed E-state index contributed by atoms with van der Waals surface area (Å²) in [5, 5.41) is 10.5. The number of esters is 1. The maximum absolute atomic E-state index is 17.0. The number of carbonyl (C=O) groups is 5. The second-order valence-corrected chi connectivity index (χ2v) is 19.5. The first-order valence-corrected chi connectivity index (χ1v) is 23.8. The van der Waals surface area contributed by atoms with Crippen LogP contribution in [-0.4, -0.2) is 122 Å². The number of alkyl halides is 2. The number of halogens is 2. The lowest BCUT2D eigenvalue weighted by Gasteiger charge is -2.41. The molecule has 0 aromatic carbocycles. The normalized spacial score (nSPS) is 39.1. The molecule has 1 saturated carbocycles. The molecule has 2 bridgehead atoms. The zero-order valence-corrected chi connectivity index (χ0v) is 40.5. The summed E-state index contributed by atoms with van der Waals surface area (Å²) in [7, 11) is 4.38. The van der Waals surface area contributed by atoms with E-state index in [0.717, 1.165) is 10.5 Å². The van der Waals surface area contributed by atoms with Crippen LogP contribution in [0.1, 0.15) is 126 Å². The minimum atomic E-state index is -2.94. The summed E-state index contributed by atoms with van der Waals surface area (Å²) >= 11 is 0.